The Labute approximate surface area is 125 Å². The van der Waals surface area contributed by atoms with Crippen molar-refractivity contribution in [1.82, 2.24) is 0 Å². The molecule has 1 atom stereocenters. The van der Waals surface area contributed by atoms with E-state index in [0.29, 0.717) is 5.92 Å². The van der Waals surface area contributed by atoms with Crippen LogP contribution in [0.1, 0.15) is 11.5 Å². The molecule has 0 aromatic heterocycles. The maximum absolute atomic E-state index is 5.98. The molecule has 0 saturated carbocycles. The standard InChI is InChI=1S/C15H13BrClNO/c16-13-7-11(5-6-14(13)17)18-8-10-9-19-15-4-2-1-3-12(10)15/h1-7,10,18H,8-9H2. The summed E-state index contributed by atoms with van der Waals surface area (Å²) in [7, 11) is 0. The topological polar surface area (TPSA) is 21.3 Å². The van der Waals surface area contributed by atoms with Crippen LogP contribution in [-0.4, -0.2) is 13.2 Å². The van der Waals surface area contributed by atoms with Crippen LogP contribution in [0.2, 0.25) is 5.02 Å². The van der Waals surface area contributed by atoms with E-state index >= 15 is 0 Å². The van der Waals surface area contributed by atoms with Crippen LogP contribution in [0.3, 0.4) is 0 Å². The van der Waals surface area contributed by atoms with Crippen molar-refractivity contribution < 1.29 is 4.74 Å². The zero-order valence-corrected chi connectivity index (χ0v) is 12.5. The molecule has 98 valence electrons. The minimum absolute atomic E-state index is 0.394. The first-order chi connectivity index (χ1) is 9.24. The molecular formula is C15H13BrClNO. The van der Waals surface area contributed by atoms with Crippen molar-refractivity contribution in [2.45, 2.75) is 5.92 Å². The van der Waals surface area contributed by atoms with Crippen LogP contribution in [0.15, 0.2) is 46.9 Å². The van der Waals surface area contributed by atoms with Crippen molar-refractivity contribution >= 4 is 33.2 Å². The molecule has 3 rings (SSSR count). The first-order valence-electron chi connectivity index (χ1n) is 6.14. The van der Waals surface area contributed by atoms with Crippen LogP contribution in [0.5, 0.6) is 5.75 Å². The molecule has 2 aromatic rings. The van der Waals surface area contributed by atoms with E-state index in [4.69, 9.17) is 16.3 Å². The van der Waals surface area contributed by atoms with Crippen LogP contribution in [-0.2, 0) is 0 Å². The van der Waals surface area contributed by atoms with E-state index in [0.717, 1.165) is 34.1 Å². The van der Waals surface area contributed by atoms with Crippen LogP contribution < -0.4 is 10.1 Å². The summed E-state index contributed by atoms with van der Waals surface area (Å²) in [4.78, 5) is 0. The Morgan fingerprint density at radius 3 is 2.95 bits per heavy atom. The predicted molar refractivity (Wildman–Crippen MR) is 82.3 cm³/mol. The number of fused-ring (bicyclic) bond motifs is 1. The maximum Gasteiger partial charge on any atom is 0.122 e. The lowest BCUT2D eigenvalue weighted by Gasteiger charge is -2.12. The molecule has 0 amide bonds. The van der Waals surface area contributed by atoms with Gasteiger partial charge in [-0.2, -0.15) is 0 Å². The number of ether oxygens (including phenoxy) is 1. The second-order valence-corrected chi connectivity index (χ2v) is 5.82. The molecule has 0 fully saturated rings. The summed E-state index contributed by atoms with van der Waals surface area (Å²) < 4.78 is 6.58. The third-order valence-corrected chi connectivity index (χ3v) is 4.48. The molecule has 1 aliphatic rings. The number of anilines is 1. The Morgan fingerprint density at radius 2 is 2.11 bits per heavy atom. The third-order valence-electron chi connectivity index (χ3n) is 3.27. The van der Waals surface area contributed by atoms with Gasteiger partial charge >= 0.3 is 0 Å². The van der Waals surface area contributed by atoms with Crippen LogP contribution >= 0.6 is 27.5 Å². The molecule has 0 saturated heterocycles. The van der Waals surface area contributed by atoms with Gasteiger partial charge in [0, 0.05) is 28.2 Å². The second-order valence-electron chi connectivity index (χ2n) is 4.56. The Balaban J connectivity index is 1.69. The van der Waals surface area contributed by atoms with Gasteiger partial charge in [0.1, 0.15) is 5.75 Å². The maximum atomic E-state index is 5.98. The van der Waals surface area contributed by atoms with Crippen LogP contribution in [0.4, 0.5) is 5.69 Å². The number of rotatable bonds is 3. The van der Waals surface area contributed by atoms with Crippen LogP contribution in [0, 0.1) is 0 Å². The monoisotopic (exact) mass is 337 g/mol. The largest absolute Gasteiger partial charge is 0.493 e. The fourth-order valence-electron chi connectivity index (χ4n) is 2.25. The summed E-state index contributed by atoms with van der Waals surface area (Å²) in [6.07, 6.45) is 0. The lowest BCUT2D eigenvalue weighted by molar-refractivity contribution is 0.334. The van der Waals surface area contributed by atoms with Crippen molar-refractivity contribution in [3.63, 3.8) is 0 Å². The highest BCUT2D eigenvalue weighted by Crippen LogP contribution is 2.33. The number of benzene rings is 2. The minimum atomic E-state index is 0.394. The van der Waals surface area contributed by atoms with Gasteiger partial charge in [-0.3, -0.25) is 0 Å². The van der Waals surface area contributed by atoms with Gasteiger partial charge in [0.25, 0.3) is 0 Å². The second kappa shape index (κ2) is 5.43. The number of nitrogens with one attached hydrogen (secondary N) is 1. The third kappa shape index (κ3) is 2.72. The van der Waals surface area contributed by atoms with Crippen molar-refractivity contribution in [2.24, 2.45) is 0 Å². The molecule has 0 aliphatic carbocycles. The zero-order chi connectivity index (χ0) is 13.2. The number of halogens is 2. The molecule has 1 unspecified atom stereocenters. The van der Waals surface area contributed by atoms with E-state index in [1.165, 1.54) is 5.56 Å². The smallest absolute Gasteiger partial charge is 0.122 e. The minimum Gasteiger partial charge on any atom is -0.493 e. The van der Waals surface area contributed by atoms with Crippen molar-refractivity contribution in [1.29, 1.82) is 0 Å². The lowest BCUT2D eigenvalue weighted by atomic mass is 10.0. The summed E-state index contributed by atoms with van der Waals surface area (Å²) in [5.41, 5.74) is 2.34. The van der Waals surface area contributed by atoms with Gasteiger partial charge in [0.05, 0.1) is 11.6 Å². The van der Waals surface area contributed by atoms with Crippen molar-refractivity contribution in [3.05, 3.63) is 57.5 Å². The van der Waals surface area contributed by atoms with Gasteiger partial charge in [-0.15, -0.1) is 0 Å². The highest BCUT2D eigenvalue weighted by molar-refractivity contribution is 9.10. The first kappa shape index (κ1) is 12.8. The van der Waals surface area contributed by atoms with Crippen molar-refractivity contribution in [2.75, 3.05) is 18.5 Å². The average molecular weight is 339 g/mol. The summed E-state index contributed by atoms with van der Waals surface area (Å²) in [5.74, 6) is 1.40. The molecule has 2 aromatic carbocycles. The van der Waals surface area contributed by atoms with Crippen LogP contribution in [0.25, 0.3) is 0 Å². The van der Waals surface area contributed by atoms with Gasteiger partial charge in [-0.05, 0) is 40.2 Å². The molecular weight excluding hydrogens is 326 g/mol. The summed E-state index contributed by atoms with van der Waals surface area (Å²) >= 11 is 9.41. The quantitative estimate of drug-likeness (QED) is 0.876. The molecule has 19 heavy (non-hydrogen) atoms. The molecule has 0 bridgehead atoms. The molecule has 4 heteroatoms. The highest BCUT2D eigenvalue weighted by atomic mass is 79.9. The summed E-state index contributed by atoms with van der Waals surface area (Å²) in [6, 6.07) is 14.1. The highest BCUT2D eigenvalue weighted by Gasteiger charge is 2.23. The fourth-order valence-corrected chi connectivity index (χ4v) is 2.74. The van der Waals surface area contributed by atoms with E-state index in [2.05, 4.69) is 33.4 Å². The summed E-state index contributed by atoms with van der Waals surface area (Å²) in [6.45, 7) is 1.59. The van der Waals surface area contributed by atoms with Gasteiger partial charge in [-0.1, -0.05) is 29.8 Å². The summed E-state index contributed by atoms with van der Waals surface area (Å²) in [5, 5.41) is 4.15. The van der Waals surface area contributed by atoms with E-state index < -0.39 is 0 Å². The van der Waals surface area contributed by atoms with E-state index in [1.54, 1.807) is 0 Å². The number of hydrogen-bond acceptors (Lipinski definition) is 2. The number of hydrogen-bond donors (Lipinski definition) is 1. The first-order valence-corrected chi connectivity index (χ1v) is 7.32. The zero-order valence-electron chi connectivity index (χ0n) is 10.2. The van der Waals surface area contributed by atoms with E-state index in [1.807, 2.05) is 30.3 Å². The van der Waals surface area contributed by atoms with Gasteiger partial charge in [0.2, 0.25) is 0 Å². The molecule has 1 heterocycles. The molecule has 2 nitrogen and oxygen atoms in total. The van der Waals surface area contributed by atoms with Crippen molar-refractivity contribution in [3.8, 4) is 5.75 Å². The Hall–Kier alpha value is -1.19. The number of para-hydroxylation sites is 1. The van der Waals surface area contributed by atoms with Gasteiger partial charge in [0.15, 0.2) is 0 Å². The van der Waals surface area contributed by atoms with Gasteiger partial charge in [-0.25, -0.2) is 0 Å². The lowest BCUT2D eigenvalue weighted by Crippen LogP contribution is -2.13. The normalized spacial score (nSPS) is 16.8. The van der Waals surface area contributed by atoms with E-state index in [-0.39, 0.29) is 0 Å². The Morgan fingerprint density at radius 1 is 1.26 bits per heavy atom. The fraction of sp³-hybridized carbons (Fsp3) is 0.200. The molecule has 0 spiro atoms. The Kier molecular flexibility index (Phi) is 3.67. The molecule has 1 aliphatic heterocycles. The van der Waals surface area contributed by atoms with Gasteiger partial charge < -0.3 is 10.1 Å². The SMILES string of the molecule is Clc1ccc(NCC2COc3ccccc32)cc1Br. The predicted octanol–water partition coefficient (Wildman–Crippen LogP) is 4.69. The Bertz CT molecular complexity index is 602. The molecule has 0 radical (unpaired) electrons. The average Bonchev–Trinajstić information content (AvgIpc) is 2.83. The molecule has 1 N–H and O–H groups in total. The van der Waals surface area contributed by atoms with E-state index in [9.17, 15) is 0 Å².